The minimum absolute atomic E-state index is 0.225. The lowest BCUT2D eigenvalue weighted by Crippen LogP contribution is -2.48. The van der Waals surface area contributed by atoms with Gasteiger partial charge >= 0.3 is 0 Å². The van der Waals surface area contributed by atoms with Gasteiger partial charge in [-0.1, -0.05) is 6.07 Å². The van der Waals surface area contributed by atoms with Crippen LogP contribution in [0.5, 0.6) is 0 Å². The number of rotatable bonds is 7. The van der Waals surface area contributed by atoms with Crippen molar-refractivity contribution in [3.05, 3.63) is 30.1 Å². The highest BCUT2D eigenvalue weighted by atomic mass is 16.5. The van der Waals surface area contributed by atoms with Crippen LogP contribution in [0.4, 0.5) is 0 Å². The van der Waals surface area contributed by atoms with Gasteiger partial charge in [0.1, 0.15) is 5.69 Å². The molecule has 2 saturated heterocycles. The third kappa shape index (κ3) is 4.51. The smallest absolute Gasteiger partial charge is 0.187 e. The van der Waals surface area contributed by atoms with Gasteiger partial charge in [-0.25, -0.2) is 0 Å². The van der Waals surface area contributed by atoms with E-state index in [9.17, 15) is 4.79 Å². The third-order valence-corrected chi connectivity index (χ3v) is 5.96. The zero-order valence-corrected chi connectivity index (χ0v) is 16.2. The van der Waals surface area contributed by atoms with Crippen molar-refractivity contribution in [3.8, 4) is 0 Å². The van der Waals surface area contributed by atoms with Gasteiger partial charge in [-0.3, -0.25) is 9.78 Å². The number of hydrogen-bond donors (Lipinski definition) is 0. The molecular formula is C21H32N2O3. The fourth-order valence-corrected chi connectivity index (χ4v) is 4.44. The number of pyridine rings is 1. The first-order valence-corrected chi connectivity index (χ1v) is 9.99. The Hall–Kier alpha value is -1.30. The Labute approximate surface area is 157 Å². The van der Waals surface area contributed by atoms with E-state index in [1.807, 2.05) is 18.2 Å². The zero-order valence-electron chi connectivity index (χ0n) is 16.2. The molecule has 5 heteroatoms. The summed E-state index contributed by atoms with van der Waals surface area (Å²) >= 11 is 0. The molecule has 2 aliphatic rings. The predicted molar refractivity (Wildman–Crippen MR) is 101 cm³/mol. The molecule has 0 aromatic carbocycles. The van der Waals surface area contributed by atoms with Crippen molar-refractivity contribution >= 4 is 5.78 Å². The van der Waals surface area contributed by atoms with Crippen LogP contribution in [-0.2, 0) is 9.47 Å². The summed E-state index contributed by atoms with van der Waals surface area (Å²) in [6.45, 7) is 9.37. The van der Waals surface area contributed by atoms with Gasteiger partial charge in [-0.05, 0) is 70.7 Å². The second kappa shape index (κ2) is 9.07. The summed E-state index contributed by atoms with van der Waals surface area (Å²) in [4.78, 5) is 20.2. The SMILES string of the molecule is CC(C)OCCN1CCC(C2(C(=O)c3ccccn3)CCOCC2)CC1. The quantitative estimate of drug-likeness (QED) is 0.699. The molecule has 1 aromatic heterocycles. The van der Waals surface area contributed by atoms with E-state index in [0.29, 0.717) is 24.8 Å². The molecule has 0 amide bonds. The monoisotopic (exact) mass is 360 g/mol. The van der Waals surface area contributed by atoms with Crippen LogP contribution in [-0.4, -0.2) is 61.2 Å². The minimum Gasteiger partial charge on any atom is -0.381 e. The summed E-state index contributed by atoms with van der Waals surface area (Å²) in [5.74, 6) is 0.645. The molecule has 26 heavy (non-hydrogen) atoms. The molecule has 3 rings (SSSR count). The first kappa shape index (κ1) is 19.5. The number of piperidine rings is 1. The van der Waals surface area contributed by atoms with Crippen LogP contribution in [0.2, 0.25) is 0 Å². The fourth-order valence-electron chi connectivity index (χ4n) is 4.44. The van der Waals surface area contributed by atoms with Gasteiger partial charge in [0.05, 0.1) is 12.7 Å². The molecule has 0 bridgehead atoms. The molecule has 2 aliphatic heterocycles. The van der Waals surface area contributed by atoms with Gasteiger partial charge in [0.15, 0.2) is 5.78 Å². The highest BCUT2D eigenvalue weighted by molar-refractivity contribution is 5.99. The lowest BCUT2D eigenvalue weighted by molar-refractivity contribution is -0.0253. The average molecular weight is 360 g/mol. The van der Waals surface area contributed by atoms with E-state index in [-0.39, 0.29) is 17.3 Å². The van der Waals surface area contributed by atoms with E-state index in [2.05, 4.69) is 23.7 Å². The number of ketones is 1. The van der Waals surface area contributed by atoms with Crippen molar-refractivity contribution in [1.29, 1.82) is 0 Å². The van der Waals surface area contributed by atoms with Crippen molar-refractivity contribution in [2.75, 3.05) is 39.5 Å². The van der Waals surface area contributed by atoms with Gasteiger partial charge in [0.25, 0.3) is 0 Å². The molecule has 2 fully saturated rings. The Morgan fingerprint density at radius 2 is 2.04 bits per heavy atom. The summed E-state index contributed by atoms with van der Waals surface area (Å²) in [5.41, 5.74) is 0.315. The van der Waals surface area contributed by atoms with Gasteiger partial charge in [0, 0.05) is 31.4 Å². The molecule has 5 nitrogen and oxygen atoms in total. The molecule has 144 valence electrons. The van der Waals surface area contributed by atoms with Crippen LogP contribution in [0.3, 0.4) is 0 Å². The van der Waals surface area contributed by atoms with Crippen molar-refractivity contribution < 1.29 is 14.3 Å². The molecule has 0 N–H and O–H groups in total. The first-order chi connectivity index (χ1) is 12.6. The molecule has 0 spiro atoms. The summed E-state index contributed by atoms with van der Waals surface area (Å²) < 4.78 is 11.3. The van der Waals surface area contributed by atoms with E-state index in [1.54, 1.807) is 6.20 Å². The topological polar surface area (TPSA) is 51.7 Å². The van der Waals surface area contributed by atoms with Gasteiger partial charge in [-0.15, -0.1) is 0 Å². The maximum atomic E-state index is 13.4. The normalized spacial score (nSPS) is 21.8. The number of likely N-dealkylation sites (tertiary alicyclic amines) is 1. The van der Waals surface area contributed by atoms with Crippen molar-refractivity contribution in [2.24, 2.45) is 11.3 Å². The van der Waals surface area contributed by atoms with Crippen LogP contribution in [0.15, 0.2) is 24.4 Å². The van der Waals surface area contributed by atoms with Gasteiger partial charge in [0.2, 0.25) is 0 Å². The van der Waals surface area contributed by atoms with E-state index in [0.717, 1.165) is 51.9 Å². The van der Waals surface area contributed by atoms with E-state index in [1.165, 1.54) is 0 Å². The highest BCUT2D eigenvalue weighted by Gasteiger charge is 2.47. The molecule has 0 radical (unpaired) electrons. The van der Waals surface area contributed by atoms with E-state index < -0.39 is 0 Å². The average Bonchev–Trinajstić information content (AvgIpc) is 2.69. The Kier molecular flexibility index (Phi) is 6.79. The van der Waals surface area contributed by atoms with Crippen LogP contribution in [0, 0.1) is 11.3 Å². The summed E-state index contributed by atoms with van der Waals surface area (Å²) in [7, 11) is 0. The fraction of sp³-hybridized carbons (Fsp3) is 0.714. The number of hydrogen-bond acceptors (Lipinski definition) is 5. The largest absolute Gasteiger partial charge is 0.381 e. The van der Waals surface area contributed by atoms with Crippen LogP contribution >= 0.6 is 0 Å². The maximum absolute atomic E-state index is 13.4. The maximum Gasteiger partial charge on any atom is 0.187 e. The summed E-state index contributed by atoms with van der Waals surface area (Å²) in [6, 6.07) is 5.63. The Balaban J connectivity index is 1.65. The Bertz CT molecular complexity index is 562. The molecule has 0 aliphatic carbocycles. The number of carbonyl (C=O) groups excluding carboxylic acids is 1. The lowest BCUT2D eigenvalue weighted by atomic mass is 9.63. The lowest BCUT2D eigenvalue weighted by Gasteiger charge is -2.45. The van der Waals surface area contributed by atoms with Gasteiger partial charge in [-0.2, -0.15) is 0 Å². The third-order valence-electron chi connectivity index (χ3n) is 5.96. The van der Waals surface area contributed by atoms with Gasteiger partial charge < -0.3 is 14.4 Å². The predicted octanol–water partition coefficient (Wildman–Crippen LogP) is 3.20. The molecule has 0 atom stereocenters. The number of aromatic nitrogens is 1. The number of carbonyl (C=O) groups is 1. The molecule has 3 heterocycles. The van der Waals surface area contributed by atoms with Crippen LogP contribution < -0.4 is 0 Å². The summed E-state index contributed by atoms with van der Waals surface area (Å²) in [5, 5.41) is 0. The van der Waals surface area contributed by atoms with E-state index in [4.69, 9.17) is 9.47 Å². The van der Waals surface area contributed by atoms with Crippen molar-refractivity contribution in [2.45, 2.75) is 45.6 Å². The highest BCUT2D eigenvalue weighted by Crippen LogP contribution is 2.45. The standard InChI is InChI=1S/C21H32N2O3/c1-17(2)26-16-13-23-11-6-18(7-12-23)21(8-14-25-15-9-21)20(24)19-5-3-4-10-22-19/h3-5,10,17-18H,6-9,11-16H2,1-2H3. The second-order valence-electron chi connectivity index (χ2n) is 7.85. The Morgan fingerprint density at radius 3 is 2.65 bits per heavy atom. The number of ether oxygens (including phenoxy) is 2. The van der Waals surface area contributed by atoms with Crippen LogP contribution in [0.25, 0.3) is 0 Å². The second-order valence-corrected chi connectivity index (χ2v) is 7.85. The molecule has 0 unspecified atom stereocenters. The number of nitrogens with zero attached hydrogens (tertiary/aromatic N) is 2. The Morgan fingerprint density at radius 1 is 1.31 bits per heavy atom. The first-order valence-electron chi connectivity index (χ1n) is 9.99. The van der Waals surface area contributed by atoms with Crippen molar-refractivity contribution in [3.63, 3.8) is 0 Å². The van der Waals surface area contributed by atoms with Crippen molar-refractivity contribution in [1.82, 2.24) is 9.88 Å². The molecular weight excluding hydrogens is 328 g/mol. The van der Waals surface area contributed by atoms with E-state index >= 15 is 0 Å². The minimum atomic E-state index is -0.298. The summed E-state index contributed by atoms with van der Waals surface area (Å²) in [6.07, 6.45) is 5.79. The molecule has 0 saturated carbocycles. The van der Waals surface area contributed by atoms with Crippen LogP contribution in [0.1, 0.15) is 50.0 Å². The molecule has 1 aromatic rings. The zero-order chi connectivity index (χ0) is 18.4. The number of Topliss-reactive ketones (excluding diaryl/α,β-unsaturated/α-hetero) is 1.